The van der Waals surface area contributed by atoms with Gasteiger partial charge in [0.2, 0.25) is 0 Å². The van der Waals surface area contributed by atoms with E-state index in [0.717, 1.165) is 18.0 Å². The maximum Gasteiger partial charge on any atom is 0.268 e. The molecule has 0 spiro atoms. The van der Waals surface area contributed by atoms with Gasteiger partial charge in [0.25, 0.3) is 5.56 Å². The zero-order chi connectivity index (χ0) is 15.2. The summed E-state index contributed by atoms with van der Waals surface area (Å²) in [4.78, 5) is 13.9. The standard InChI is InChI=1S/C15H20N4O2/c1-3-18(2)13-10-15(20)19(17-11-13)8-9-21-14-6-4-12(16)5-7-14/h4-7,10-11H,3,8-9,16H2,1-2H3. The molecule has 0 unspecified atom stereocenters. The summed E-state index contributed by atoms with van der Waals surface area (Å²) in [6.45, 7) is 3.62. The van der Waals surface area contributed by atoms with Crippen LogP contribution in [0.1, 0.15) is 6.92 Å². The van der Waals surface area contributed by atoms with Crippen LogP contribution in [0.4, 0.5) is 11.4 Å². The van der Waals surface area contributed by atoms with E-state index in [1.165, 1.54) is 4.68 Å². The van der Waals surface area contributed by atoms with Gasteiger partial charge in [-0.3, -0.25) is 4.79 Å². The average Bonchev–Trinajstić information content (AvgIpc) is 2.50. The Kier molecular flexibility index (Phi) is 4.81. The Bertz CT molecular complexity index is 637. The van der Waals surface area contributed by atoms with E-state index in [-0.39, 0.29) is 5.56 Å². The summed E-state index contributed by atoms with van der Waals surface area (Å²) in [6.07, 6.45) is 1.69. The molecule has 2 aromatic rings. The highest BCUT2D eigenvalue weighted by Gasteiger charge is 2.03. The van der Waals surface area contributed by atoms with Crippen molar-refractivity contribution in [2.75, 3.05) is 30.8 Å². The molecule has 0 aliphatic carbocycles. The van der Waals surface area contributed by atoms with E-state index in [1.807, 2.05) is 18.9 Å². The molecule has 1 heterocycles. The smallest absolute Gasteiger partial charge is 0.268 e. The molecular weight excluding hydrogens is 268 g/mol. The van der Waals surface area contributed by atoms with Crippen molar-refractivity contribution in [2.45, 2.75) is 13.5 Å². The summed E-state index contributed by atoms with van der Waals surface area (Å²) in [7, 11) is 1.92. The Hall–Kier alpha value is -2.50. The zero-order valence-corrected chi connectivity index (χ0v) is 12.3. The first-order valence-corrected chi connectivity index (χ1v) is 6.87. The average molecular weight is 288 g/mol. The van der Waals surface area contributed by atoms with Crippen LogP contribution in [0.15, 0.2) is 41.3 Å². The summed E-state index contributed by atoms with van der Waals surface area (Å²) >= 11 is 0. The molecule has 1 aromatic heterocycles. The van der Waals surface area contributed by atoms with Gasteiger partial charge in [-0.05, 0) is 31.2 Å². The lowest BCUT2D eigenvalue weighted by Crippen LogP contribution is -2.27. The van der Waals surface area contributed by atoms with Gasteiger partial charge in [-0.25, -0.2) is 4.68 Å². The maximum absolute atomic E-state index is 11.9. The van der Waals surface area contributed by atoms with Gasteiger partial charge in [0, 0.05) is 25.3 Å². The minimum Gasteiger partial charge on any atom is -0.492 e. The second-order valence-electron chi connectivity index (χ2n) is 4.71. The van der Waals surface area contributed by atoms with Gasteiger partial charge in [-0.15, -0.1) is 0 Å². The Morgan fingerprint density at radius 3 is 2.67 bits per heavy atom. The van der Waals surface area contributed by atoms with E-state index in [1.54, 1.807) is 36.5 Å². The van der Waals surface area contributed by atoms with Crippen molar-refractivity contribution >= 4 is 11.4 Å². The van der Waals surface area contributed by atoms with Crippen molar-refractivity contribution in [3.63, 3.8) is 0 Å². The molecule has 0 radical (unpaired) electrons. The molecular formula is C15H20N4O2. The fraction of sp³-hybridized carbons (Fsp3) is 0.333. The minimum absolute atomic E-state index is 0.131. The second-order valence-corrected chi connectivity index (χ2v) is 4.71. The molecule has 0 saturated carbocycles. The highest BCUT2D eigenvalue weighted by molar-refractivity contribution is 5.42. The van der Waals surface area contributed by atoms with Gasteiger partial charge in [0.05, 0.1) is 18.4 Å². The zero-order valence-electron chi connectivity index (χ0n) is 12.3. The molecule has 112 valence electrons. The number of nitrogens with zero attached hydrogens (tertiary/aromatic N) is 3. The van der Waals surface area contributed by atoms with Crippen molar-refractivity contribution in [3.05, 3.63) is 46.9 Å². The Labute approximate surface area is 123 Å². The quantitative estimate of drug-likeness (QED) is 0.812. The maximum atomic E-state index is 11.9. The monoisotopic (exact) mass is 288 g/mol. The summed E-state index contributed by atoms with van der Waals surface area (Å²) in [6, 6.07) is 8.72. The van der Waals surface area contributed by atoms with Crippen LogP contribution in [0.3, 0.4) is 0 Å². The number of ether oxygens (including phenoxy) is 1. The Balaban J connectivity index is 1.94. The Morgan fingerprint density at radius 2 is 2.05 bits per heavy atom. The van der Waals surface area contributed by atoms with Crippen LogP contribution < -0.4 is 20.9 Å². The van der Waals surface area contributed by atoms with Gasteiger partial charge < -0.3 is 15.4 Å². The first kappa shape index (κ1) is 14.9. The van der Waals surface area contributed by atoms with Crippen molar-refractivity contribution in [1.82, 2.24) is 9.78 Å². The van der Waals surface area contributed by atoms with E-state index in [9.17, 15) is 4.79 Å². The topological polar surface area (TPSA) is 73.4 Å². The molecule has 2 N–H and O–H groups in total. The number of aromatic nitrogens is 2. The predicted molar refractivity (Wildman–Crippen MR) is 83.8 cm³/mol. The van der Waals surface area contributed by atoms with Gasteiger partial charge in [0.1, 0.15) is 12.4 Å². The van der Waals surface area contributed by atoms with Gasteiger partial charge in [-0.2, -0.15) is 5.10 Å². The molecule has 6 heteroatoms. The van der Waals surface area contributed by atoms with Crippen LogP contribution in [0, 0.1) is 0 Å². The van der Waals surface area contributed by atoms with Gasteiger partial charge in [-0.1, -0.05) is 0 Å². The summed E-state index contributed by atoms with van der Waals surface area (Å²) in [5.74, 6) is 0.722. The molecule has 2 rings (SSSR count). The first-order chi connectivity index (χ1) is 10.1. The van der Waals surface area contributed by atoms with Crippen LogP contribution in [0.2, 0.25) is 0 Å². The molecule has 0 aliphatic heterocycles. The first-order valence-electron chi connectivity index (χ1n) is 6.87. The van der Waals surface area contributed by atoms with Crippen LogP contribution >= 0.6 is 0 Å². The van der Waals surface area contributed by atoms with E-state index >= 15 is 0 Å². The molecule has 1 aromatic carbocycles. The lowest BCUT2D eigenvalue weighted by molar-refractivity contribution is 0.288. The molecule has 0 fully saturated rings. The van der Waals surface area contributed by atoms with E-state index in [2.05, 4.69) is 5.10 Å². The van der Waals surface area contributed by atoms with E-state index in [4.69, 9.17) is 10.5 Å². The second kappa shape index (κ2) is 6.78. The number of hydrogen-bond donors (Lipinski definition) is 1. The fourth-order valence-electron chi connectivity index (χ4n) is 1.80. The molecule has 0 atom stereocenters. The SMILES string of the molecule is CCN(C)c1cnn(CCOc2ccc(N)cc2)c(=O)c1. The third-order valence-electron chi connectivity index (χ3n) is 3.22. The summed E-state index contributed by atoms with van der Waals surface area (Å²) < 4.78 is 6.95. The summed E-state index contributed by atoms with van der Waals surface area (Å²) in [5, 5.41) is 4.16. The van der Waals surface area contributed by atoms with E-state index < -0.39 is 0 Å². The largest absolute Gasteiger partial charge is 0.492 e. The molecule has 0 bridgehead atoms. The molecule has 0 aliphatic rings. The third-order valence-corrected chi connectivity index (χ3v) is 3.22. The highest BCUT2D eigenvalue weighted by atomic mass is 16.5. The minimum atomic E-state index is -0.131. The molecule has 6 nitrogen and oxygen atoms in total. The summed E-state index contributed by atoms with van der Waals surface area (Å²) in [5.41, 5.74) is 6.98. The third kappa shape index (κ3) is 3.98. The number of hydrogen-bond acceptors (Lipinski definition) is 5. The van der Waals surface area contributed by atoms with Crippen molar-refractivity contribution in [2.24, 2.45) is 0 Å². The van der Waals surface area contributed by atoms with Crippen LogP contribution in [0.25, 0.3) is 0 Å². The number of rotatable bonds is 6. The molecule has 21 heavy (non-hydrogen) atoms. The number of benzene rings is 1. The van der Waals surface area contributed by atoms with Crippen LogP contribution in [-0.2, 0) is 6.54 Å². The number of nitrogens with two attached hydrogens (primary N) is 1. The van der Waals surface area contributed by atoms with E-state index in [0.29, 0.717) is 18.8 Å². The fourth-order valence-corrected chi connectivity index (χ4v) is 1.80. The van der Waals surface area contributed by atoms with Crippen LogP contribution in [0.5, 0.6) is 5.75 Å². The lowest BCUT2D eigenvalue weighted by Gasteiger charge is -2.16. The van der Waals surface area contributed by atoms with Crippen molar-refractivity contribution in [1.29, 1.82) is 0 Å². The Morgan fingerprint density at radius 1 is 1.33 bits per heavy atom. The lowest BCUT2D eigenvalue weighted by atomic mass is 10.3. The van der Waals surface area contributed by atoms with Gasteiger partial charge in [0.15, 0.2) is 0 Å². The number of anilines is 2. The number of nitrogen functional groups attached to an aromatic ring is 1. The predicted octanol–water partition coefficient (Wildman–Crippen LogP) is 1.36. The van der Waals surface area contributed by atoms with Crippen LogP contribution in [-0.4, -0.2) is 30.0 Å². The highest BCUT2D eigenvalue weighted by Crippen LogP contribution is 2.12. The van der Waals surface area contributed by atoms with Crippen molar-refractivity contribution in [3.8, 4) is 5.75 Å². The molecule has 0 saturated heterocycles. The normalized spacial score (nSPS) is 10.4. The van der Waals surface area contributed by atoms with Gasteiger partial charge >= 0.3 is 0 Å². The molecule has 0 amide bonds. The van der Waals surface area contributed by atoms with Crippen molar-refractivity contribution < 1.29 is 4.74 Å².